The van der Waals surface area contributed by atoms with Gasteiger partial charge in [0.25, 0.3) is 0 Å². The van der Waals surface area contributed by atoms with Crippen LogP contribution in [0.4, 0.5) is 0 Å². The van der Waals surface area contributed by atoms with Crippen molar-refractivity contribution in [1.29, 1.82) is 0 Å². The number of hydrogen-bond acceptors (Lipinski definition) is 1. The van der Waals surface area contributed by atoms with Crippen LogP contribution in [0.25, 0.3) is 0 Å². The van der Waals surface area contributed by atoms with Crippen LogP contribution in [-0.2, 0) is 0 Å². The summed E-state index contributed by atoms with van der Waals surface area (Å²) in [6.07, 6.45) is 7.71. The molecule has 0 radical (unpaired) electrons. The smallest absolute Gasteiger partial charge is 0.00173 e. The standard InChI is InChI=1S/C11H19N/c1-3-5-10-7-11(6-4-2)9-12-8-10/h3-4,10-12H,1-2,5-9H2. The Balaban J connectivity index is 2.29. The molecule has 1 aliphatic rings. The molecule has 12 heavy (non-hydrogen) atoms. The van der Waals surface area contributed by atoms with Gasteiger partial charge in [0.15, 0.2) is 0 Å². The van der Waals surface area contributed by atoms with Crippen molar-refractivity contribution in [1.82, 2.24) is 5.32 Å². The summed E-state index contributed by atoms with van der Waals surface area (Å²) in [4.78, 5) is 0. The highest BCUT2D eigenvalue weighted by molar-refractivity contribution is 4.84. The summed E-state index contributed by atoms with van der Waals surface area (Å²) in [6.45, 7) is 9.89. The molecule has 0 aromatic heterocycles. The lowest BCUT2D eigenvalue weighted by molar-refractivity contribution is 0.289. The molecule has 1 nitrogen and oxygen atoms in total. The predicted octanol–water partition coefficient (Wildman–Crippen LogP) is 2.36. The molecule has 2 atom stereocenters. The number of allylic oxidation sites excluding steroid dienone is 2. The Morgan fingerprint density at radius 3 is 2.00 bits per heavy atom. The molecule has 0 aliphatic carbocycles. The molecule has 68 valence electrons. The molecule has 1 saturated heterocycles. The summed E-state index contributed by atoms with van der Waals surface area (Å²) in [5.74, 6) is 1.61. The second-order valence-corrected chi connectivity index (χ2v) is 3.67. The van der Waals surface area contributed by atoms with Crippen LogP contribution in [0.2, 0.25) is 0 Å². The van der Waals surface area contributed by atoms with Gasteiger partial charge in [0.05, 0.1) is 0 Å². The van der Waals surface area contributed by atoms with E-state index in [1.165, 1.54) is 19.5 Å². The van der Waals surface area contributed by atoms with E-state index in [2.05, 4.69) is 18.5 Å². The van der Waals surface area contributed by atoms with E-state index in [0.29, 0.717) is 0 Å². The molecule has 1 rings (SSSR count). The fourth-order valence-corrected chi connectivity index (χ4v) is 1.96. The third-order valence-electron chi connectivity index (χ3n) is 2.53. The van der Waals surface area contributed by atoms with Gasteiger partial charge < -0.3 is 5.32 Å². The van der Waals surface area contributed by atoms with Crippen LogP contribution in [0.1, 0.15) is 19.3 Å². The molecule has 1 fully saturated rings. The van der Waals surface area contributed by atoms with Gasteiger partial charge in [-0.2, -0.15) is 0 Å². The molecule has 1 aliphatic heterocycles. The topological polar surface area (TPSA) is 12.0 Å². The van der Waals surface area contributed by atoms with E-state index in [0.717, 1.165) is 24.7 Å². The molecule has 0 spiro atoms. The fraction of sp³-hybridized carbons (Fsp3) is 0.636. The van der Waals surface area contributed by atoms with E-state index in [1.54, 1.807) is 0 Å². The van der Waals surface area contributed by atoms with Gasteiger partial charge in [-0.15, -0.1) is 13.2 Å². The minimum atomic E-state index is 0.807. The van der Waals surface area contributed by atoms with Gasteiger partial charge in [0, 0.05) is 0 Å². The SMILES string of the molecule is C=CCC1CNCC(CC=C)C1. The zero-order valence-corrected chi connectivity index (χ0v) is 7.76. The number of rotatable bonds is 4. The highest BCUT2D eigenvalue weighted by Crippen LogP contribution is 2.22. The molecule has 1 N–H and O–H groups in total. The Bertz CT molecular complexity index is 135. The lowest BCUT2D eigenvalue weighted by Gasteiger charge is -2.28. The van der Waals surface area contributed by atoms with E-state index in [9.17, 15) is 0 Å². The van der Waals surface area contributed by atoms with Crippen molar-refractivity contribution in [2.24, 2.45) is 11.8 Å². The first kappa shape index (κ1) is 9.53. The van der Waals surface area contributed by atoms with Crippen LogP contribution in [0.5, 0.6) is 0 Å². The van der Waals surface area contributed by atoms with Crippen molar-refractivity contribution < 1.29 is 0 Å². The monoisotopic (exact) mass is 165 g/mol. The lowest BCUT2D eigenvalue weighted by atomic mass is 9.86. The van der Waals surface area contributed by atoms with Gasteiger partial charge in [0.2, 0.25) is 0 Å². The second kappa shape index (κ2) is 5.15. The van der Waals surface area contributed by atoms with Gasteiger partial charge in [-0.05, 0) is 44.2 Å². The van der Waals surface area contributed by atoms with Crippen LogP contribution in [0.15, 0.2) is 25.3 Å². The van der Waals surface area contributed by atoms with Gasteiger partial charge in [-0.3, -0.25) is 0 Å². The zero-order chi connectivity index (χ0) is 8.81. The summed E-state index contributed by atoms with van der Waals surface area (Å²) in [6, 6.07) is 0. The molecule has 1 heterocycles. The molecule has 0 aromatic carbocycles. The minimum absolute atomic E-state index is 0.807. The summed E-state index contributed by atoms with van der Waals surface area (Å²) in [5.41, 5.74) is 0. The zero-order valence-electron chi connectivity index (χ0n) is 7.76. The largest absolute Gasteiger partial charge is 0.316 e. The lowest BCUT2D eigenvalue weighted by Crippen LogP contribution is -2.35. The maximum atomic E-state index is 3.78. The Morgan fingerprint density at radius 2 is 1.58 bits per heavy atom. The van der Waals surface area contributed by atoms with E-state index in [-0.39, 0.29) is 0 Å². The van der Waals surface area contributed by atoms with Crippen molar-refractivity contribution in [3.8, 4) is 0 Å². The van der Waals surface area contributed by atoms with E-state index < -0.39 is 0 Å². The predicted molar refractivity (Wildman–Crippen MR) is 54.1 cm³/mol. The summed E-state index contributed by atoms with van der Waals surface area (Å²) in [5, 5.41) is 3.46. The average molecular weight is 165 g/mol. The first-order valence-electron chi connectivity index (χ1n) is 4.79. The number of hydrogen-bond donors (Lipinski definition) is 1. The molecule has 0 bridgehead atoms. The highest BCUT2D eigenvalue weighted by Gasteiger charge is 2.19. The number of piperidine rings is 1. The van der Waals surface area contributed by atoms with E-state index in [4.69, 9.17) is 0 Å². The Labute approximate surface area is 75.6 Å². The van der Waals surface area contributed by atoms with Crippen LogP contribution in [0.3, 0.4) is 0 Å². The summed E-state index contributed by atoms with van der Waals surface area (Å²) < 4.78 is 0. The maximum absolute atomic E-state index is 3.78. The van der Waals surface area contributed by atoms with Gasteiger partial charge in [0.1, 0.15) is 0 Å². The Kier molecular flexibility index (Phi) is 4.09. The van der Waals surface area contributed by atoms with Gasteiger partial charge >= 0.3 is 0 Å². The van der Waals surface area contributed by atoms with E-state index >= 15 is 0 Å². The second-order valence-electron chi connectivity index (χ2n) is 3.67. The van der Waals surface area contributed by atoms with Crippen LogP contribution in [-0.4, -0.2) is 13.1 Å². The fourth-order valence-electron chi connectivity index (χ4n) is 1.96. The van der Waals surface area contributed by atoms with Crippen molar-refractivity contribution >= 4 is 0 Å². The summed E-state index contributed by atoms with van der Waals surface area (Å²) >= 11 is 0. The minimum Gasteiger partial charge on any atom is -0.316 e. The summed E-state index contributed by atoms with van der Waals surface area (Å²) in [7, 11) is 0. The molecular weight excluding hydrogens is 146 g/mol. The quantitative estimate of drug-likeness (QED) is 0.631. The first-order valence-corrected chi connectivity index (χ1v) is 4.79. The average Bonchev–Trinajstić information content (AvgIpc) is 2.06. The third-order valence-corrected chi connectivity index (χ3v) is 2.53. The van der Waals surface area contributed by atoms with E-state index in [1.807, 2.05) is 12.2 Å². The molecule has 0 amide bonds. The molecular formula is C11H19N. The third kappa shape index (κ3) is 2.82. The van der Waals surface area contributed by atoms with Crippen molar-refractivity contribution in [2.75, 3.05) is 13.1 Å². The molecule has 2 unspecified atom stereocenters. The van der Waals surface area contributed by atoms with Crippen molar-refractivity contribution in [3.63, 3.8) is 0 Å². The Hall–Kier alpha value is -0.560. The van der Waals surface area contributed by atoms with Crippen LogP contribution < -0.4 is 5.32 Å². The normalized spacial score (nSPS) is 29.7. The van der Waals surface area contributed by atoms with Crippen LogP contribution in [0, 0.1) is 11.8 Å². The Morgan fingerprint density at radius 1 is 1.08 bits per heavy atom. The molecule has 0 aromatic rings. The first-order chi connectivity index (χ1) is 5.86. The molecule has 0 saturated carbocycles. The van der Waals surface area contributed by atoms with Gasteiger partial charge in [-0.25, -0.2) is 0 Å². The molecule has 1 heteroatoms. The van der Waals surface area contributed by atoms with Gasteiger partial charge in [-0.1, -0.05) is 12.2 Å². The van der Waals surface area contributed by atoms with Crippen molar-refractivity contribution in [3.05, 3.63) is 25.3 Å². The highest BCUT2D eigenvalue weighted by atomic mass is 14.9. The number of nitrogens with one attached hydrogen (secondary N) is 1. The maximum Gasteiger partial charge on any atom is -0.00173 e. The van der Waals surface area contributed by atoms with Crippen molar-refractivity contribution in [2.45, 2.75) is 19.3 Å². The van der Waals surface area contributed by atoms with Crippen LogP contribution >= 0.6 is 0 Å².